The van der Waals surface area contributed by atoms with E-state index >= 15 is 0 Å². The lowest BCUT2D eigenvalue weighted by atomic mass is 10.00. The molecule has 128 valence electrons. The summed E-state index contributed by atoms with van der Waals surface area (Å²) in [6, 6.07) is 3.91. The number of nitrogens with one attached hydrogen (secondary N) is 1. The van der Waals surface area contributed by atoms with Crippen LogP contribution in [0.5, 0.6) is 0 Å². The zero-order valence-electron chi connectivity index (χ0n) is 14.4. The summed E-state index contributed by atoms with van der Waals surface area (Å²) in [7, 11) is 0. The van der Waals surface area contributed by atoms with E-state index in [2.05, 4.69) is 32.3 Å². The van der Waals surface area contributed by atoms with Crippen LogP contribution in [0.2, 0.25) is 0 Å². The van der Waals surface area contributed by atoms with Crippen LogP contribution in [0.1, 0.15) is 54.7 Å². The van der Waals surface area contributed by atoms with Gasteiger partial charge in [0.2, 0.25) is 0 Å². The molecule has 1 aliphatic rings. The molecule has 0 bridgehead atoms. The van der Waals surface area contributed by atoms with E-state index in [0.29, 0.717) is 29.1 Å². The number of aryl methyl sites for hydroxylation is 2. The fourth-order valence-corrected chi connectivity index (χ4v) is 3.15. The first-order chi connectivity index (χ1) is 11.6. The van der Waals surface area contributed by atoms with Crippen molar-refractivity contribution in [1.82, 2.24) is 15.1 Å². The van der Waals surface area contributed by atoms with Gasteiger partial charge in [-0.05, 0) is 39.5 Å². The molecule has 7 heteroatoms. The van der Waals surface area contributed by atoms with Crippen LogP contribution in [-0.2, 0) is 0 Å². The molecule has 7 nitrogen and oxygen atoms in total. The topological polar surface area (TPSA) is 84.2 Å². The first-order valence-corrected chi connectivity index (χ1v) is 8.44. The number of rotatable bonds is 4. The molecular weight excluding hydrogens is 306 g/mol. The zero-order chi connectivity index (χ0) is 17.1. The van der Waals surface area contributed by atoms with Crippen molar-refractivity contribution >= 4 is 17.5 Å². The molecule has 2 aromatic heterocycles. The van der Waals surface area contributed by atoms with Crippen LogP contribution >= 0.6 is 0 Å². The Morgan fingerprint density at radius 2 is 2.17 bits per heavy atom. The van der Waals surface area contributed by atoms with E-state index in [-0.39, 0.29) is 5.91 Å². The van der Waals surface area contributed by atoms with Crippen LogP contribution in [0.25, 0.3) is 0 Å². The minimum Gasteiger partial charge on any atom is -0.360 e. The SMILES string of the molecule is CCC1CCCCN1c1cc(C(=O)Nc2cc(C)on2)nc(C)n1. The van der Waals surface area contributed by atoms with Gasteiger partial charge in [-0.1, -0.05) is 12.1 Å². The molecule has 1 fully saturated rings. The third-order valence-electron chi connectivity index (χ3n) is 4.32. The normalized spacial score (nSPS) is 17.8. The van der Waals surface area contributed by atoms with Crippen LogP contribution in [0.4, 0.5) is 11.6 Å². The maximum Gasteiger partial charge on any atom is 0.275 e. The molecule has 0 spiro atoms. The molecule has 0 aliphatic carbocycles. The van der Waals surface area contributed by atoms with Crippen molar-refractivity contribution in [3.63, 3.8) is 0 Å². The van der Waals surface area contributed by atoms with Crippen molar-refractivity contribution in [2.24, 2.45) is 0 Å². The van der Waals surface area contributed by atoms with E-state index < -0.39 is 0 Å². The lowest BCUT2D eigenvalue weighted by Crippen LogP contribution is -2.40. The van der Waals surface area contributed by atoms with Gasteiger partial charge in [-0.3, -0.25) is 4.79 Å². The lowest BCUT2D eigenvalue weighted by Gasteiger charge is -2.36. The molecule has 0 saturated carbocycles. The Labute approximate surface area is 141 Å². The molecule has 0 aromatic carbocycles. The predicted octanol–water partition coefficient (Wildman–Crippen LogP) is 3.10. The number of hydrogen-bond acceptors (Lipinski definition) is 6. The van der Waals surface area contributed by atoms with Gasteiger partial charge in [-0.2, -0.15) is 0 Å². The van der Waals surface area contributed by atoms with E-state index in [1.54, 1.807) is 19.1 Å². The summed E-state index contributed by atoms with van der Waals surface area (Å²) in [5.41, 5.74) is 0.346. The highest BCUT2D eigenvalue weighted by Crippen LogP contribution is 2.25. The number of piperidine rings is 1. The Kier molecular flexibility index (Phi) is 4.78. The molecule has 3 rings (SSSR count). The maximum atomic E-state index is 12.5. The summed E-state index contributed by atoms with van der Waals surface area (Å²) in [5, 5.41) is 6.49. The first-order valence-electron chi connectivity index (χ1n) is 8.44. The Balaban J connectivity index is 1.84. The number of carbonyl (C=O) groups excluding carboxylic acids is 1. The van der Waals surface area contributed by atoms with Gasteiger partial charge in [0.25, 0.3) is 5.91 Å². The van der Waals surface area contributed by atoms with Gasteiger partial charge >= 0.3 is 0 Å². The summed E-state index contributed by atoms with van der Waals surface area (Å²) in [6.07, 6.45) is 4.64. The minimum absolute atomic E-state index is 0.305. The van der Waals surface area contributed by atoms with Gasteiger partial charge in [0.15, 0.2) is 5.82 Å². The van der Waals surface area contributed by atoms with Crippen LogP contribution < -0.4 is 10.2 Å². The molecule has 3 heterocycles. The van der Waals surface area contributed by atoms with Crippen LogP contribution in [-0.4, -0.2) is 33.6 Å². The molecule has 1 unspecified atom stereocenters. The molecule has 1 atom stereocenters. The molecule has 0 radical (unpaired) electrons. The van der Waals surface area contributed by atoms with Crippen molar-refractivity contribution in [3.8, 4) is 0 Å². The van der Waals surface area contributed by atoms with Crippen molar-refractivity contribution in [1.29, 1.82) is 0 Å². The third kappa shape index (κ3) is 3.55. The van der Waals surface area contributed by atoms with Gasteiger partial charge in [0.05, 0.1) is 0 Å². The largest absolute Gasteiger partial charge is 0.360 e. The second-order valence-corrected chi connectivity index (χ2v) is 6.19. The van der Waals surface area contributed by atoms with Crippen LogP contribution in [0, 0.1) is 13.8 Å². The highest BCUT2D eigenvalue weighted by Gasteiger charge is 2.23. The average Bonchev–Trinajstić information content (AvgIpc) is 2.99. The monoisotopic (exact) mass is 329 g/mol. The molecule has 1 N–H and O–H groups in total. The second kappa shape index (κ2) is 6.98. The smallest absolute Gasteiger partial charge is 0.275 e. The lowest BCUT2D eigenvalue weighted by molar-refractivity contribution is 0.102. The number of amides is 1. The van der Waals surface area contributed by atoms with E-state index in [4.69, 9.17) is 4.52 Å². The molecule has 1 aliphatic heterocycles. The molecule has 24 heavy (non-hydrogen) atoms. The number of anilines is 2. The Bertz CT molecular complexity index is 728. The number of carbonyl (C=O) groups is 1. The Hall–Kier alpha value is -2.44. The summed E-state index contributed by atoms with van der Waals surface area (Å²) in [5.74, 6) is 2.15. The average molecular weight is 329 g/mol. The van der Waals surface area contributed by atoms with Gasteiger partial charge in [0, 0.05) is 24.7 Å². The fourth-order valence-electron chi connectivity index (χ4n) is 3.15. The van der Waals surface area contributed by atoms with Crippen LogP contribution in [0.3, 0.4) is 0 Å². The second-order valence-electron chi connectivity index (χ2n) is 6.19. The third-order valence-corrected chi connectivity index (χ3v) is 4.32. The maximum absolute atomic E-state index is 12.5. The molecule has 2 aromatic rings. The highest BCUT2D eigenvalue weighted by molar-refractivity contribution is 6.02. The Morgan fingerprint density at radius 3 is 2.88 bits per heavy atom. The highest BCUT2D eigenvalue weighted by atomic mass is 16.5. The van der Waals surface area contributed by atoms with Crippen molar-refractivity contribution < 1.29 is 9.32 Å². The number of nitrogens with zero attached hydrogens (tertiary/aromatic N) is 4. The summed E-state index contributed by atoms with van der Waals surface area (Å²) in [4.78, 5) is 23.6. The minimum atomic E-state index is -0.305. The van der Waals surface area contributed by atoms with Gasteiger partial charge < -0.3 is 14.7 Å². The predicted molar refractivity (Wildman–Crippen MR) is 91.2 cm³/mol. The van der Waals surface area contributed by atoms with Crippen LogP contribution in [0.15, 0.2) is 16.7 Å². The van der Waals surface area contributed by atoms with Crippen molar-refractivity contribution in [2.45, 2.75) is 52.5 Å². The first kappa shape index (κ1) is 16.4. The standard InChI is InChI=1S/C17H23N5O2/c1-4-13-7-5-6-8-22(13)16-10-14(18-12(3)19-16)17(23)20-15-9-11(2)24-21-15/h9-10,13H,4-8H2,1-3H3,(H,20,21,23). The fraction of sp³-hybridized carbons (Fsp3) is 0.529. The van der Waals surface area contributed by atoms with E-state index in [1.807, 2.05) is 6.92 Å². The van der Waals surface area contributed by atoms with E-state index in [9.17, 15) is 4.79 Å². The Morgan fingerprint density at radius 1 is 1.33 bits per heavy atom. The quantitative estimate of drug-likeness (QED) is 0.928. The number of hydrogen-bond donors (Lipinski definition) is 1. The van der Waals surface area contributed by atoms with E-state index in [1.165, 1.54) is 12.8 Å². The van der Waals surface area contributed by atoms with Crippen molar-refractivity contribution in [3.05, 3.63) is 29.4 Å². The van der Waals surface area contributed by atoms with Gasteiger partial charge in [-0.25, -0.2) is 9.97 Å². The van der Waals surface area contributed by atoms with Gasteiger partial charge in [-0.15, -0.1) is 0 Å². The summed E-state index contributed by atoms with van der Waals surface area (Å²) in [6.45, 7) is 6.75. The number of aromatic nitrogens is 3. The molecule has 1 amide bonds. The van der Waals surface area contributed by atoms with Crippen molar-refractivity contribution in [2.75, 3.05) is 16.8 Å². The summed E-state index contributed by atoms with van der Waals surface area (Å²) >= 11 is 0. The molecular formula is C17H23N5O2. The van der Waals surface area contributed by atoms with E-state index in [0.717, 1.165) is 25.2 Å². The zero-order valence-corrected chi connectivity index (χ0v) is 14.4. The summed E-state index contributed by atoms with van der Waals surface area (Å²) < 4.78 is 4.97. The van der Waals surface area contributed by atoms with Gasteiger partial charge in [0.1, 0.15) is 23.1 Å². The molecule has 1 saturated heterocycles.